The molecule has 246 valence electrons. The second-order valence-electron chi connectivity index (χ2n) is 13.2. The lowest BCUT2D eigenvalue weighted by atomic mass is 9.62. The van der Waals surface area contributed by atoms with Gasteiger partial charge in [-0.3, -0.25) is 9.59 Å². The van der Waals surface area contributed by atoms with Crippen LogP contribution in [0.2, 0.25) is 5.02 Å². The molecule has 0 aromatic heterocycles. The minimum absolute atomic E-state index is 0.0814. The van der Waals surface area contributed by atoms with Crippen molar-refractivity contribution < 1.29 is 46.5 Å². The van der Waals surface area contributed by atoms with Crippen molar-refractivity contribution >= 4 is 34.9 Å². The molecule has 1 amide bonds. The highest BCUT2D eigenvalue weighted by Crippen LogP contribution is 2.57. The molecule has 0 radical (unpaired) electrons. The molecule has 5 rings (SSSR count). The molecule has 1 aliphatic carbocycles. The Labute approximate surface area is 262 Å². The van der Waals surface area contributed by atoms with Crippen molar-refractivity contribution in [1.29, 1.82) is 0 Å². The van der Waals surface area contributed by atoms with Gasteiger partial charge >= 0.3 is 12.1 Å². The van der Waals surface area contributed by atoms with Gasteiger partial charge in [0.05, 0.1) is 17.2 Å². The van der Waals surface area contributed by atoms with Gasteiger partial charge in [0.1, 0.15) is 17.0 Å². The van der Waals surface area contributed by atoms with E-state index in [9.17, 15) is 32.3 Å². The summed E-state index contributed by atoms with van der Waals surface area (Å²) in [6.07, 6.45) is -1.82. The van der Waals surface area contributed by atoms with Crippen molar-refractivity contribution in [3.8, 4) is 0 Å². The number of nitrogens with one attached hydrogen (secondary N) is 2. The number of amides is 1. The van der Waals surface area contributed by atoms with Crippen LogP contribution < -0.4 is 10.6 Å². The van der Waals surface area contributed by atoms with E-state index in [2.05, 4.69) is 31.4 Å². The number of aliphatic hydroxyl groups excluding tert-OH is 1. The molecule has 7 nitrogen and oxygen atoms in total. The molecule has 3 aliphatic rings. The smallest absolute Gasteiger partial charge is 0.475 e. The molecule has 2 fully saturated rings. The van der Waals surface area contributed by atoms with E-state index in [1.165, 1.54) is 18.2 Å². The number of hydrogen-bond acceptors (Lipinski definition) is 5. The fourth-order valence-corrected chi connectivity index (χ4v) is 7.15. The first-order valence-corrected chi connectivity index (χ1v) is 15.1. The van der Waals surface area contributed by atoms with Crippen LogP contribution in [0.4, 0.5) is 27.6 Å². The lowest BCUT2D eigenvalue weighted by molar-refractivity contribution is -0.192. The Morgan fingerprint density at radius 2 is 1.67 bits per heavy atom. The van der Waals surface area contributed by atoms with Gasteiger partial charge in [-0.25, -0.2) is 13.6 Å². The number of aliphatic carboxylic acids is 1. The third-order valence-electron chi connectivity index (χ3n) is 8.83. The zero-order chi connectivity index (χ0) is 33.5. The molecule has 13 heteroatoms. The van der Waals surface area contributed by atoms with Gasteiger partial charge in [-0.2, -0.15) is 13.2 Å². The number of carbonyl (C=O) groups excluding carboxylic acids is 2. The highest BCUT2D eigenvalue weighted by molar-refractivity contribution is 6.30. The van der Waals surface area contributed by atoms with Crippen molar-refractivity contribution in [2.24, 2.45) is 11.3 Å². The number of carbonyl (C=O) groups is 3. The van der Waals surface area contributed by atoms with E-state index in [0.29, 0.717) is 30.5 Å². The Balaban J connectivity index is 0.000000591. The summed E-state index contributed by atoms with van der Waals surface area (Å²) in [5.41, 5.74) is -0.470. The molecule has 0 bridgehead atoms. The van der Waals surface area contributed by atoms with Crippen LogP contribution in [0.3, 0.4) is 0 Å². The predicted octanol–water partition coefficient (Wildman–Crippen LogP) is 6.51. The lowest BCUT2D eigenvalue weighted by Crippen LogP contribution is -2.49. The normalized spacial score (nSPS) is 27.9. The zero-order valence-corrected chi connectivity index (χ0v) is 25.7. The molecular formula is C32H36ClF5N2O5. The lowest BCUT2D eigenvalue weighted by Gasteiger charge is -2.38. The topological polar surface area (TPSA) is 116 Å². The van der Waals surface area contributed by atoms with Crippen LogP contribution in [0, 0.1) is 23.0 Å². The van der Waals surface area contributed by atoms with Crippen molar-refractivity contribution in [3.63, 3.8) is 0 Å². The number of rotatable bonds is 5. The average Bonchev–Trinajstić information content (AvgIpc) is 3.40. The number of halogens is 6. The largest absolute Gasteiger partial charge is 0.490 e. The van der Waals surface area contributed by atoms with Crippen LogP contribution in [-0.4, -0.2) is 52.2 Å². The number of anilines is 1. The van der Waals surface area contributed by atoms with E-state index in [4.69, 9.17) is 21.5 Å². The Hall–Kier alpha value is -3.09. The number of ketones is 1. The molecule has 2 aromatic rings. The number of fused-ring (bicyclic) bond motifs is 2. The van der Waals surface area contributed by atoms with Crippen LogP contribution in [0.1, 0.15) is 76.3 Å². The summed E-state index contributed by atoms with van der Waals surface area (Å²) in [5.74, 6) is -5.13. The van der Waals surface area contributed by atoms with Crippen molar-refractivity contribution in [2.75, 3.05) is 5.32 Å². The van der Waals surface area contributed by atoms with Gasteiger partial charge in [0, 0.05) is 24.1 Å². The fourth-order valence-electron chi connectivity index (χ4n) is 6.96. The third-order valence-corrected chi connectivity index (χ3v) is 9.13. The SMILES string of the molecule is CC(C)(C)C[C@@H]1N[C@@H](C(=O)CC2CCC(O)CC2)[C@H](c2cccc(Cl)c2F)[C@]12C(=O)Nc1cc(F)ccc12.O=C(O)C(F)(F)F. The molecular weight excluding hydrogens is 623 g/mol. The number of carboxylic acid groups (broad SMARTS) is 1. The van der Waals surface area contributed by atoms with E-state index < -0.39 is 47.2 Å². The first kappa shape index (κ1) is 34.8. The first-order valence-electron chi connectivity index (χ1n) is 14.7. The van der Waals surface area contributed by atoms with Crippen molar-refractivity contribution in [1.82, 2.24) is 5.32 Å². The predicted molar refractivity (Wildman–Crippen MR) is 157 cm³/mol. The van der Waals surface area contributed by atoms with Gasteiger partial charge in [0.25, 0.3) is 0 Å². The zero-order valence-electron chi connectivity index (χ0n) is 25.0. The highest BCUT2D eigenvalue weighted by Gasteiger charge is 2.66. The molecule has 1 saturated heterocycles. The van der Waals surface area contributed by atoms with Gasteiger partial charge in [0.2, 0.25) is 5.91 Å². The summed E-state index contributed by atoms with van der Waals surface area (Å²) in [4.78, 5) is 37.0. The summed E-state index contributed by atoms with van der Waals surface area (Å²) in [5, 5.41) is 23.3. The molecule has 0 unspecified atom stereocenters. The Morgan fingerprint density at radius 3 is 2.24 bits per heavy atom. The Kier molecular flexibility index (Phi) is 10.0. The van der Waals surface area contributed by atoms with Crippen molar-refractivity contribution in [2.45, 2.75) is 95.0 Å². The minimum atomic E-state index is -5.08. The van der Waals surface area contributed by atoms with Gasteiger partial charge in [-0.05, 0) is 72.8 Å². The number of carboxylic acids is 1. The van der Waals surface area contributed by atoms with E-state index in [-0.39, 0.29) is 46.1 Å². The number of hydrogen-bond donors (Lipinski definition) is 4. The minimum Gasteiger partial charge on any atom is -0.475 e. The number of benzene rings is 2. The average molecular weight is 659 g/mol. The van der Waals surface area contributed by atoms with E-state index in [1.807, 2.05) is 0 Å². The third kappa shape index (κ3) is 7.18. The van der Waals surface area contributed by atoms with Crippen LogP contribution in [-0.2, 0) is 19.8 Å². The second-order valence-corrected chi connectivity index (χ2v) is 13.7. The second kappa shape index (κ2) is 13.0. The summed E-state index contributed by atoms with van der Waals surface area (Å²) >= 11 is 6.23. The summed E-state index contributed by atoms with van der Waals surface area (Å²) in [6.45, 7) is 6.16. The molecule has 4 N–H and O–H groups in total. The van der Waals surface area contributed by atoms with E-state index in [1.54, 1.807) is 18.2 Å². The first-order chi connectivity index (χ1) is 20.9. The fraction of sp³-hybridized carbons (Fsp3) is 0.531. The quantitative estimate of drug-likeness (QED) is 0.272. The van der Waals surface area contributed by atoms with Crippen LogP contribution >= 0.6 is 11.6 Å². The maximum atomic E-state index is 15.8. The standard InChI is InChI=1S/C30H35ClF2N2O3.C2HF3O2/c1-29(2,3)15-24-30(20-12-9-17(32)14-22(20)34-28(30)38)25(19-5-4-6-21(31)26(19)33)27(35-24)23(37)13-16-7-10-18(36)11-8-16;3-2(4,5)1(6)7/h4-6,9,12,14,16,18,24-25,27,35-36H,7-8,10-11,13,15H2,1-3H3,(H,34,38);(H,6,7)/t16?,18?,24-,25-,27-,30+;/m0./s1. The van der Waals surface area contributed by atoms with E-state index >= 15 is 4.39 Å². The molecule has 4 atom stereocenters. The Bertz CT molecular complexity index is 1450. The summed E-state index contributed by atoms with van der Waals surface area (Å²) < 4.78 is 61.8. The van der Waals surface area contributed by atoms with Gasteiger partial charge in [0.15, 0.2) is 5.78 Å². The highest BCUT2D eigenvalue weighted by atomic mass is 35.5. The van der Waals surface area contributed by atoms with Gasteiger partial charge in [-0.1, -0.05) is 50.6 Å². The summed E-state index contributed by atoms with van der Waals surface area (Å²) in [7, 11) is 0. The molecule has 2 aromatic carbocycles. The number of Topliss-reactive ketones (excluding diaryl/α,β-unsaturated/α-hetero) is 1. The molecule has 1 saturated carbocycles. The summed E-state index contributed by atoms with van der Waals surface area (Å²) in [6, 6.07) is 7.50. The Morgan fingerprint density at radius 1 is 1.04 bits per heavy atom. The monoisotopic (exact) mass is 658 g/mol. The molecule has 2 aliphatic heterocycles. The maximum absolute atomic E-state index is 15.8. The number of aliphatic hydroxyl groups is 1. The number of alkyl halides is 3. The molecule has 45 heavy (non-hydrogen) atoms. The van der Waals surface area contributed by atoms with Gasteiger partial charge in [-0.15, -0.1) is 0 Å². The van der Waals surface area contributed by atoms with Gasteiger partial charge < -0.3 is 20.8 Å². The molecule has 2 heterocycles. The maximum Gasteiger partial charge on any atom is 0.490 e. The van der Waals surface area contributed by atoms with Crippen molar-refractivity contribution in [3.05, 3.63) is 64.2 Å². The van der Waals surface area contributed by atoms with Crippen LogP contribution in [0.25, 0.3) is 0 Å². The molecule has 1 spiro atoms. The van der Waals surface area contributed by atoms with Crippen LogP contribution in [0.5, 0.6) is 0 Å². The van der Waals surface area contributed by atoms with Crippen LogP contribution in [0.15, 0.2) is 36.4 Å². The van der Waals surface area contributed by atoms with E-state index in [0.717, 1.165) is 12.8 Å².